The molecule has 1 aliphatic heterocycles. The Morgan fingerprint density at radius 1 is 1.38 bits per heavy atom. The fourth-order valence-corrected chi connectivity index (χ4v) is 3.23. The Kier molecular flexibility index (Phi) is 4.25. The van der Waals surface area contributed by atoms with Gasteiger partial charge in [-0.25, -0.2) is 4.98 Å². The molecule has 0 aliphatic carbocycles. The summed E-state index contributed by atoms with van der Waals surface area (Å²) in [5, 5.41) is 11.4. The van der Waals surface area contributed by atoms with Crippen molar-refractivity contribution in [1.82, 2.24) is 4.98 Å². The molecule has 0 amide bonds. The zero-order valence-electron chi connectivity index (χ0n) is 12.5. The first-order valence-corrected chi connectivity index (χ1v) is 7.63. The lowest BCUT2D eigenvalue weighted by Gasteiger charge is -2.27. The molecule has 3 rings (SSSR count). The van der Waals surface area contributed by atoms with Crippen LogP contribution in [0.15, 0.2) is 30.5 Å². The number of aromatic nitrogens is 1. The van der Waals surface area contributed by atoms with Gasteiger partial charge in [0.2, 0.25) is 0 Å². The van der Waals surface area contributed by atoms with E-state index in [0.29, 0.717) is 6.04 Å². The molecule has 2 aromatic rings. The van der Waals surface area contributed by atoms with Crippen molar-refractivity contribution in [3.8, 4) is 5.75 Å². The molecule has 4 nitrogen and oxygen atoms in total. The van der Waals surface area contributed by atoms with Gasteiger partial charge in [0.05, 0.1) is 7.11 Å². The van der Waals surface area contributed by atoms with E-state index in [1.54, 1.807) is 7.11 Å². The summed E-state index contributed by atoms with van der Waals surface area (Å²) in [6.07, 6.45) is 6.14. The van der Waals surface area contributed by atoms with Crippen LogP contribution in [0.5, 0.6) is 5.75 Å². The number of aliphatic hydroxyl groups is 1. The van der Waals surface area contributed by atoms with Gasteiger partial charge in [0.15, 0.2) is 0 Å². The summed E-state index contributed by atoms with van der Waals surface area (Å²) in [5.41, 5.74) is 0. The highest BCUT2D eigenvalue weighted by Crippen LogP contribution is 2.33. The topological polar surface area (TPSA) is 45.6 Å². The van der Waals surface area contributed by atoms with Crippen molar-refractivity contribution in [3.63, 3.8) is 0 Å². The number of pyridine rings is 1. The quantitative estimate of drug-likeness (QED) is 0.918. The summed E-state index contributed by atoms with van der Waals surface area (Å²) in [4.78, 5) is 7.03. The maximum Gasteiger partial charge on any atom is 0.136 e. The molecule has 1 fully saturated rings. The van der Waals surface area contributed by atoms with Gasteiger partial charge in [0, 0.05) is 30.8 Å². The first-order chi connectivity index (χ1) is 10.3. The normalized spacial score (nSPS) is 18.4. The summed E-state index contributed by atoms with van der Waals surface area (Å²) in [5.74, 6) is 1.91. The lowest BCUT2D eigenvalue weighted by atomic mass is 10.1. The molecule has 2 heterocycles. The molecule has 1 aliphatic rings. The van der Waals surface area contributed by atoms with Crippen LogP contribution in [0.4, 0.5) is 5.82 Å². The van der Waals surface area contributed by atoms with E-state index in [1.807, 2.05) is 18.3 Å². The van der Waals surface area contributed by atoms with Crippen molar-refractivity contribution in [2.24, 2.45) is 0 Å². The maximum absolute atomic E-state index is 9.07. The molecular formula is C17H22N2O2. The first-order valence-electron chi connectivity index (χ1n) is 7.63. The third kappa shape index (κ3) is 2.81. The monoisotopic (exact) mass is 286 g/mol. The van der Waals surface area contributed by atoms with Crippen LogP contribution in [0.2, 0.25) is 0 Å². The zero-order valence-corrected chi connectivity index (χ0v) is 12.5. The van der Waals surface area contributed by atoms with E-state index in [2.05, 4.69) is 22.0 Å². The highest BCUT2D eigenvalue weighted by atomic mass is 16.5. The van der Waals surface area contributed by atoms with Crippen molar-refractivity contribution in [2.45, 2.75) is 31.7 Å². The average molecular weight is 286 g/mol. The van der Waals surface area contributed by atoms with Gasteiger partial charge in [-0.1, -0.05) is 6.07 Å². The van der Waals surface area contributed by atoms with Crippen molar-refractivity contribution in [3.05, 3.63) is 30.5 Å². The Hall–Kier alpha value is -1.81. The fourth-order valence-electron chi connectivity index (χ4n) is 3.23. The number of fused-ring (bicyclic) bond motifs is 1. The summed E-state index contributed by atoms with van der Waals surface area (Å²) in [6.45, 7) is 1.31. The molecule has 1 saturated heterocycles. The van der Waals surface area contributed by atoms with Crippen LogP contribution < -0.4 is 9.64 Å². The van der Waals surface area contributed by atoms with Gasteiger partial charge in [-0.15, -0.1) is 0 Å². The number of nitrogens with zero attached hydrogens (tertiary/aromatic N) is 2. The second-order valence-electron chi connectivity index (χ2n) is 5.58. The Bertz CT molecular complexity index is 615. The smallest absolute Gasteiger partial charge is 0.136 e. The summed E-state index contributed by atoms with van der Waals surface area (Å²) in [7, 11) is 1.69. The van der Waals surface area contributed by atoms with E-state index in [0.717, 1.165) is 36.3 Å². The predicted octanol–water partition coefficient (Wildman–Crippen LogP) is 2.98. The van der Waals surface area contributed by atoms with E-state index in [1.165, 1.54) is 18.2 Å². The molecule has 0 spiro atoms. The lowest BCUT2D eigenvalue weighted by molar-refractivity contribution is 0.279. The van der Waals surface area contributed by atoms with Gasteiger partial charge in [-0.2, -0.15) is 0 Å². The molecule has 4 heteroatoms. The number of benzene rings is 1. The molecule has 1 aromatic heterocycles. The van der Waals surface area contributed by atoms with Crippen molar-refractivity contribution < 1.29 is 9.84 Å². The second kappa shape index (κ2) is 6.31. The van der Waals surface area contributed by atoms with Crippen molar-refractivity contribution in [2.75, 3.05) is 25.2 Å². The van der Waals surface area contributed by atoms with E-state index < -0.39 is 0 Å². The first kappa shape index (κ1) is 14.1. The molecule has 0 radical (unpaired) electrons. The summed E-state index contributed by atoms with van der Waals surface area (Å²) in [6, 6.07) is 8.66. The van der Waals surface area contributed by atoms with Crippen LogP contribution in [0, 0.1) is 0 Å². The van der Waals surface area contributed by atoms with Crippen LogP contribution in [0.3, 0.4) is 0 Å². The van der Waals surface area contributed by atoms with Crippen LogP contribution >= 0.6 is 0 Å². The number of anilines is 1. The largest absolute Gasteiger partial charge is 0.497 e. The van der Waals surface area contributed by atoms with E-state index in [-0.39, 0.29) is 6.61 Å². The molecule has 21 heavy (non-hydrogen) atoms. The predicted molar refractivity (Wildman–Crippen MR) is 85.0 cm³/mol. The molecule has 0 bridgehead atoms. The van der Waals surface area contributed by atoms with Gasteiger partial charge in [-0.3, -0.25) is 0 Å². The second-order valence-corrected chi connectivity index (χ2v) is 5.58. The molecule has 1 atom stereocenters. The summed E-state index contributed by atoms with van der Waals surface area (Å²) < 4.78 is 5.35. The Labute approximate surface area is 125 Å². The van der Waals surface area contributed by atoms with E-state index in [9.17, 15) is 0 Å². The van der Waals surface area contributed by atoms with Crippen LogP contribution in [-0.4, -0.2) is 36.4 Å². The summed E-state index contributed by atoms with van der Waals surface area (Å²) >= 11 is 0. The standard InChI is InChI=1S/C17H22N2O2/c1-21-15-7-6-13-8-9-18-17(16(13)12-15)19-10-2-4-14(19)5-3-11-20/h6-9,12,14,20H,2-5,10-11H2,1H3. The minimum Gasteiger partial charge on any atom is -0.497 e. The fraction of sp³-hybridized carbons (Fsp3) is 0.471. The van der Waals surface area contributed by atoms with Crippen molar-refractivity contribution in [1.29, 1.82) is 0 Å². The van der Waals surface area contributed by atoms with Gasteiger partial charge in [-0.05, 0) is 49.3 Å². The molecule has 1 unspecified atom stereocenters. The molecule has 1 N–H and O–H groups in total. The third-order valence-corrected chi connectivity index (χ3v) is 4.30. The third-order valence-electron chi connectivity index (χ3n) is 4.30. The maximum atomic E-state index is 9.07. The van der Waals surface area contributed by atoms with Gasteiger partial charge >= 0.3 is 0 Å². The number of aliphatic hydroxyl groups excluding tert-OH is 1. The van der Waals surface area contributed by atoms with Crippen LogP contribution in [0.25, 0.3) is 10.8 Å². The Balaban J connectivity index is 1.98. The molecule has 112 valence electrons. The average Bonchev–Trinajstić information content (AvgIpc) is 3.00. The highest BCUT2D eigenvalue weighted by molar-refractivity contribution is 5.93. The zero-order chi connectivity index (χ0) is 14.7. The SMILES string of the molecule is COc1ccc2ccnc(N3CCCC3CCCO)c2c1. The van der Waals surface area contributed by atoms with Crippen LogP contribution in [0.1, 0.15) is 25.7 Å². The minimum absolute atomic E-state index is 0.265. The van der Waals surface area contributed by atoms with Gasteiger partial charge < -0.3 is 14.7 Å². The lowest BCUT2D eigenvalue weighted by Crippen LogP contribution is -2.30. The van der Waals surface area contributed by atoms with E-state index >= 15 is 0 Å². The number of ether oxygens (including phenoxy) is 1. The minimum atomic E-state index is 0.265. The van der Waals surface area contributed by atoms with E-state index in [4.69, 9.17) is 9.84 Å². The Morgan fingerprint density at radius 3 is 3.10 bits per heavy atom. The molecular weight excluding hydrogens is 264 g/mol. The highest BCUT2D eigenvalue weighted by Gasteiger charge is 2.26. The molecule has 1 aromatic carbocycles. The number of hydrogen-bond donors (Lipinski definition) is 1. The number of hydrogen-bond acceptors (Lipinski definition) is 4. The Morgan fingerprint density at radius 2 is 2.29 bits per heavy atom. The van der Waals surface area contributed by atoms with Crippen LogP contribution in [-0.2, 0) is 0 Å². The van der Waals surface area contributed by atoms with Gasteiger partial charge in [0.1, 0.15) is 11.6 Å². The van der Waals surface area contributed by atoms with Crippen molar-refractivity contribution >= 4 is 16.6 Å². The number of rotatable bonds is 5. The number of methoxy groups -OCH3 is 1. The molecule has 0 saturated carbocycles. The van der Waals surface area contributed by atoms with Gasteiger partial charge in [0.25, 0.3) is 0 Å².